The van der Waals surface area contributed by atoms with Crippen LogP contribution in [0, 0.1) is 0 Å². The van der Waals surface area contributed by atoms with Crippen molar-refractivity contribution < 1.29 is 4.79 Å². The number of likely N-dealkylation sites (tertiary alicyclic amines) is 1. The van der Waals surface area contributed by atoms with E-state index in [2.05, 4.69) is 31.5 Å². The van der Waals surface area contributed by atoms with Gasteiger partial charge in [0.2, 0.25) is 0 Å². The summed E-state index contributed by atoms with van der Waals surface area (Å²) in [7, 11) is 0. The van der Waals surface area contributed by atoms with Crippen LogP contribution in [0.4, 0.5) is 4.79 Å². The molecule has 2 amide bonds. The fraction of sp³-hybridized carbons (Fsp3) is 0.263. The van der Waals surface area contributed by atoms with Crippen LogP contribution in [-0.4, -0.2) is 33.6 Å². The van der Waals surface area contributed by atoms with Gasteiger partial charge in [0.1, 0.15) is 0 Å². The van der Waals surface area contributed by atoms with Gasteiger partial charge in [-0.15, -0.1) is 0 Å². The zero-order valence-corrected chi connectivity index (χ0v) is 16.4. The van der Waals surface area contributed by atoms with E-state index in [1.165, 1.54) is 10.9 Å². The molecule has 0 saturated carbocycles. The molecule has 2 N–H and O–H groups in total. The molecule has 1 saturated heterocycles. The molecule has 0 bridgehead atoms. The van der Waals surface area contributed by atoms with Gasteiger partial charge < -0.3 is 15.2 Å². The number of piperidine rings is 1. The number of nitrogens with two attached hydrogens (primary N) is 1. The lowest BCUT2D eigenvalue weighted by Crippen LogP contribution is -2.41. The van der Waals surface area contributed by atoms with E-state index in [0.29, 0.717) is 24.0 Å². The van der Waals surface area contributed by atoms with Crippen molar-refractivity contribution in [2.24, 2.45) is 5.73 Å². The summed E-state index contributed by atoms with van der Waals surface area (Å²) in [5, 5.41) is 1.89. The van der Waals surface area contributed by atoms with Crippen molar-refractivity contribution in [2.45, 2.75) is 18.8 Å². The standard InChI is InChI=1S/C19H18BrClN4O/c20-18-17(12-6-9-24(10-7-12)19(22)26)15-5-8-23-11-16(15)25(18)14-3-1-13(21)2-4-14/h1-5,8,11-12H,6-7,9-10H2,(H2,22,26). The Balaban J connectivity index is 1.80. The SMILES string of the molecule is NC(=O)N1CCC(c2c(Br)n(-c3ccc(Cl)cc3)c3cnccc23)CC1. The highest BCUT2D eigenvalue weighted by molar-refractivity contribution is 9.10. The highest BCUT2D eigenvalue weighted by Gasteiger charge is 2.28. The second kappa shape index (κ2) is 6.93. The predicted molar refractivity (Wildman–Crippen MR) is 107 cm³/mol. The Kier molecular flexibility index (Phi) is 4.63. The molecule has 1 fully saturated rings. The Bertz CT molecular complexity index is 962. The van der Waals surface area contributed by atoms with Crippen LogP contribution >= 0.6 is 27.5 Å². The minimum atomic E-state index is -0.338. The zero-order chi connectivity index (χ0) is 18.3. The van der Waals surface area contributed by atoms with Gasteiger partial charge in [-0.2, -0.15) is 0 Å². The van der Waals surface area contributed by atoms with Gasteiger partial charge in [-0.05, 0) is 70.6 Å². The maximum absolute atomic E-state index is 11.4. The van der Waals surface area contributed by atoms with Crippen LogP contribution in [0.25, 0.3) is 16.6 Å². The molecule has 0 atom stereocenters. The molecule has 26 heavy (non-hydrogen) atoms. The van der Waals surface area contributed by atoms with Gasteiger partial charge in [-0.3, -0.25) is 4.98 Å². The van der Waals surface area contributed by atoms with Gasteiger partial charge in [0, 0.05) is 35.4 Å². The van der Waals surface area contributed by atoms with E-state index in [9.17, 15) is 4.79 Å². The molecular formula is C19H18BrClN4O. The average Bonchev–Trinajstić information content (AvgIpc) is 2.94. The van der Waals surface area contributed by atoms with Crippen LogP contribution < -0.4 is 5.73 Å². The third kappa shape index (κ3) is 2.97. The number of amides is 2. The summed E-state index contributed by atoms with van der Waals surface area (Å²) in [6.07, 6.45) is 5.49. The average molecular weight is 434 g/mol. The van der Waals surface area contributed by atoms with Crippen LogP contribution in [0.1, 0.15) is 24.3 Å². The maximum atomic E-state index is 11.4. The van der Waals surface area contributed by atoms with E-state index in [1.54, 1.807) is 4.90 Å². The van der Waals surface area contributed by atoms with Crippen LogP contribution in [0.2, 0.25) is 5.02 Å². The summed E-state index contributed by atoms with van der Waals surface area (Å²) in [6, 6.07) is 9.49. The third-order valence-electron chi connectivity index (χ3n) is 5.05. The minimum Gasteiger partial charge on any atom is -0.351 e. The number of carbonyl (C=O) groups excluding carboxylic acids is 1. The Labute approximate surface area is 164 Å². The predicted octanol–water partition coefficient (Wildman–Crippen LogP) is 4.70. The van der Waals surface area contributed by atoms with E-state index < -0.39 is 0 Å². The van der Waals surface area contributed by atoms with Gasteiger partial charge in [0.25, 0.3) is 0 Å². The first kappa shape index (κ1) is 17.4. The molecule has 1 aromatic carbocycles. The summed E-state index contributed by atoms with van der Waals surface area (Å²) in [5.74, 6) is 0.360. The summed E-state index contributed by atoms with van der Waals surface area (Å²) in [5.41, 5.74) is 8.76. The fourth-order valence-corrected chi connectivity index (χ4v) is 4.81. The third-order valence-corrected chi connectivity index (χ3v) is 6.08. The van der Waals surface area contributed by atoms with Gasteiger partial charge >= 0.3 is 6.03 Å². The number of rotatable bonds is 2. The Morgan fingerprint density at radius 3 is 2.54 bits per heavy atom. The van der Waals surface area contributed by atoms with E-state index in [1.807, 2.05) is 36.7 Å². The molecule has 5 nitrogen and oxygen atoms in total. The van der Waals surface area contributed by atoms with Crippen molar-refractivity contribution in [3.63, 3.8) is 0 Å². The van der Waals surface area contributed by atoms with Crippen molar-refractivity contribution >= 4 is 44.5 Å². The second-order valence-electron chi connectivity index (χ2n) is 6.51. The van der Waals surface area contributed by atoms with E-state index in [-0.39, 0.29) is 6.03 Å². The van der Waals surface area contributed by atoms with Gasteiger partial charge in [-0.1, -0.05) is 11.6 Å². The second-order valence-corrected chi connectivity index (χ2v) is 7.70. The van der Waals surface area contributed by atoms with Gasteiger partial charge in [0.05, 0.1) is 16.3 Å². The van der Waals surface area contributed by atoms with Crippen LogP contribution in [0.5, 0.6) is 0 Å². The maximum Gasteiger partial charge on any atom is 0.314 e. The number of hydrogen-bond donors (Lipinski definition) is 1. The Hall–Kier alpha value is -2.05. The first-order valence-electron chi connectivity index (χ1n) is 8.50. The van der Waals surface area contributed by atoms with Crippen molar-refractivity contribution in [2.75, 3.05) is 13.1 Å². The summed E-state index contributed by atoms with van der Waals surface area (Å²) < 4.78 is 3.19. The monoisotopic (exact) mass is 432 g/mol. The zero-order valence-electron chi connectivity index (χ0n) is 14.0. The van der Waals surface area contributed by atoms with E-state index in [0.717, 1.165) is 28.6 Å². The molecule has 0 radical (unpaired) electrons. The van der Waals surface area contributed by atoms with Crippen LogP contribution in [0.3, 0.4) is 0 Å². The van der Waals surface area contributed by atoms with Crippen molar-refractivity contribution in [3.8, 4) is 5.69 Å². The van der Waals surface area contributed by atoms with Crippen molar-refractivity contribution in [1.82, 2.24) is 14.5 Å². The van der Waals surface area contributed by atoms with E-state index >= 15 is 0 Å². The largest absolute Gasteiger partial charge is 0.351 e. The first-order valence-corrected chi connectivity index (χ1v) is 9.67. The number of pyridine rings is 1. The molecule has 2 aromatic heterocycles. The van der Waals surface area contributed by atoms with Crippen molar-refractivity contribution in [3.05, 3.63) is 57.9 Å². The first-order chi connectivity index (χ1) is 12.6. The number of carbonyl (C=O) groups is 1. The molecular weight excluding hydrogens is 416 g/mol. The molecule has 134 valence electrons. The normalized spacial score (nSPS) is 15.5. The highest BCUT2D eigenvalue weighted by Crippen LogP contribution is 2.41. The Morgan fingerprint density at radius 2 is 1.88 bits per heavy atom. The molecule has 3 heterocycles. The quantitative estimate of drug-likeness (QED) is 0.636. The molecule has 0 spiro atoms. The topological polar surface area (TPSA) is 64.2 Å². The number of hydrogen-bond acceptors (Lipinski definition) is 2. The molecule has 1 aliphatic heterocycles. The van der Waals surface area contributed by atoms with E-state index in [4.69, 9.17) is 17.3 Å². The lowest BCUT2D eigenvalue weighted by Gasteiger charge is -2.31. The molecule has 3 aromatic rings. The number of benzene rings is 1. The fourth-order valence-electron chi connectivity index (χ4n) is 3.75. The van der Waals surface area contributed by atoms with Gasteiger partial charge in [-0.25, -0.2) is 4.79 Å². The molecule has 1 aliphatic rings. The molecule has 0 aliphatic carbocycles. The molecule has 4 rings (SSSR count). The summed E-state index contributed by atoms with van der Waals surface area (Å²) in [6.45, 7) is 1.37. The number of nitrogens with zero attached hydrogens (tertiary/aromatic N) is 3. The lowest BCUT2D eigenvalue weighted by atomic mass is 9.89. The van der Waals surface area contributed by atoms with Gasteiger partial charge in [0.15, 0.2) is 0 Å². The molecule has 0 unspecified atom stereocenters. The van der Waals surface area contributed by atoms with Crippen LogP contribution in [-0.2, 0) is 0 Å². The van der Waals surface area contributed by atoms with Crippen molar-refractivity contribution in [1.29, 1.82) is 0 Å². The number of halogens is 2. The minimum absolute atomic E-state index is 0.338. The number of fused-ring (bicyclic) bond motifs is 1. The smallest absolute Gasteiger partial charge is 0.314 e. The number of aromatic nitrogens is 2. The summed E-state index contributed by atoms with van der Waals surface area (Å²) >= 11 is 9.87. The lowest BCUT2D eigenvalue weighted by molar-refractivity contribution is 0.190. The van der Waals surface area contributed by atoms with Crippen LogP contribution in [0.15, 0.2) is 47.3 Å². The summed E-state index contributed by atoms with van der Waals surface area (Å²) in [4.78, 5) is 17.4. The highest BCUT2D eigenvalue weighted by atomic mass is 79.9. The molecule has 7 heteroatoms. The Morgan fingerprint density at radius 1 is 1.19 bits per heavy atom. The number of primary amides is 1. The number of urea groups is 1.